The quantitative estimate of drug-likeness (QED) is 0.684. The van der Waals surface area contributed by atoms with Crippen molar-refractivity contribution in [2.75, 3.05) is 26.3 Å². The molecule has 17 heavy (non-hydrogen) atoms. The van der Waals surface area contributed by atoms with Crippen molar-refractivity contribution in [3.8, 4) is 0 Å². The number of nitrogens with two attached hydrogens (primary N) is 2. The first kappa shape index (κ1) is 14.4. The van der Waals surface area contributed by atoms with E-state index in [9.17, 15) is 4.39 Å². The highest BCUT2D eigenvalue weighted by molar-refractivity contribution is 6.61. The molecule has 0 saturated heterocycles. The van der Waals surface area contributed by atoms with Crippen LogP contribution in [0, 0.1) is 5.82 Å². The lowest BCUT2D eigenvalue weighted by Crippen LogP contribution is -2.39. The zero-order valence-corrected chi connectivity index (χ0v) is 10.1. The van der Waals surface area contributed by atoms with E-state index >= 15 is 0 Å². The van der Waals surface area contributed by atoms with Gasteiger partial charge in [0.05, 0.1) is 5.02 Å². The Labute approximate surface area is 105 Å². The summed E-state index contributed by atoms with van der Waals surface area (Å²) in [5.41, 5.74) is 11.3. The molecule has 0 amide bonds. The fraction of sp³-hybridized carbons (Fsp3) is 0.400. The fourth-order valence-electron chi connectivity index (χ4n) is 1.25. The third kappa shape index (κ3) is 4.61. The average molecular weight is 261 g/mol. The van der Waals surface area contributed by atoms with Crippen molar-refractivity contribution in [2.24, 2.45) is 11.5 Å². The van der Waals surface area contributed by atoms with Crippen LogP contribution >= 0.6 is 11.6 Å². The third-order valence-electron chi connectivity index (χ3n) is 1.99. The maximum Gasteiger partial charge on any atom is 0.494 e. The van der Waals surface area contributed by atoms with Crippen molar-refractivity contribution in [2.45, 2.75) is 0 Å². The summed E-state index contributed by atoms with van der Waals surface area (Å²) in [4.78, 5) is 0. The molecule has 0 aromatic heterocycles. The van der Waals surface area contributed by atoms with Crippen molar-refractivity contribution in [1.82, 2.24) is 0 Å². The van der Waals surface area contributed by atoms with E-state index in [1.165, 1.54) is 12.1 Å². The smallest absolute Gasteiger partial charge is 0.406 e. The van der Waals surface area contributed by atoms with Gasteiger partial charge in [0.15, 0.2) is 0 Å². The summed E-state index contributed by atoms with van der Waals surface area (Å²) in [5, 5.41) is 0.0280. The molecule has 4 nitrogen and oxygen atoms in total. The van der Waals surface area contributed by atoms with Crippen LogP contribution in [0.2, 0.25) is 5.02 Å². The van der Waals surface area contributed by atoms with Gasteiger partial charge in [-0.1, -0.05) is 17.7 Å². The van der Waals surface area contributed by atoms with Gasteiger partial charge in [0, 0.05) is 26.3 Å². The highest BCUT2D eigenvalue weighted by Crippen LogP contribution is 2.11. The van der Waals surface area contributed by atoms with Crippen LogP contribution in [0.15, 0.2) is 18.2 Å². The van der Waals surface area contributed by atoms with Crippen LogP contribution in [0.1, 0.15) is 0 Å². The average Bonchev–Trinajstić information content (AvgIpc) is 2.33. The Bertz CT molecular complexity index is 349. The number of rotatable bonds is 7. The molecule has 4 N–H and O–H groups in total. The van der Waals surface area contributed by atoms with Gasteiger partial charge < -0.3 is 20.8 Å². The zero-order valence-electron chi connectivity index (χ0n) is 9.36. The maximum absolute atomic E-state index is 13.0. The molecule has 0 radical (unpaired) electrons. The van der Waals surface area contributed by atoms with E-state index in [1.807, 2.05) is 0 Å². The molecule has 1 aromatic rings. The summed E-state index contributed by atoms with van der Waals surface area (Å²) in [5.74, 6) is -0.480. The summed E-state index contributed by atoms with van der Waals surface area (Å²) >= 11 is 5.69. The lowest BCUT2D eigenvalue weighted by Gasteiger charge is -2.14. The first-order valence-corrected chi connectivity index (χ1v) is 5.65. The number of hydrogen-bond acceptors (Lipinski definition) is 4. The number of halogens is 2. The summed E-state index contributed by atoms with van der Waals surface area (Å²) in [6, 6.07) is 4.29. The molecule has 7 heteroatoms. The minimum Gasteiger partial charge on any atom is -0.406 e. The summed E-state index contributed by atoms with van der Waals surface area (Å²) in [7, 11) is -0.625. The van der Waals surface area contributed by atoms with Crippen molar-refractivity contribution < 1.29 is 13.7 Å². The minimum absolute atomic E-state index is 0.0280. The molecule has 0 saturated carbocycles. The number of hydrogen-bond donors (Lipinski definition) is 2. The molecule has 1 aromatic carbocycles. The predicted molar refractivity (Wildman–Crippen MR) is 66.8 cm³/mol. The van der Waals surface area contributed by atoms with Gasteiger partial charge in [0.25, 0.3) is 0 Å². The maximum atomic E-state index is 13.0. The zero-order chi connectivity index (χ0) is 12.7. The summed E-state index contributed by atoms with van der Waals surface area (Å²) in [6.45, 7) is 1.42. The molecule has 0 bridgehead atoms. The summed E-state index contributed by atoms with van der Waals surface area (Å²) < 4.78 is 23.8. The first-order valence-electron chi connectivity index (χ1n) is 5.27. The largest absolute Gasteiger partial charge is 0.494 e. The Morgan fingerprint density at radius 1 is 1.18 bits per heavy atom. The van der Waals surface area contributed by atoms with Gasteiger partial charge in [0.1, 0.15) is 5.82 Å². The van der Waals surface area contributed by atoms with Gasteiger partial charge in [-0.15, -0.1) is 0 Å². The molecule has 0 atom stereocenters. The molecule has 0 unspecified atom stereocenters. The molecular formula is C10H15BClFN2O2. The molecule has 0 fully saturated rings. The van der Waals surface area contributed by atoms with Crippen LogP contribution in [-0.2, 0) is 9.31 Å². The first-order chi connectivity index (χ1) is 8.19. The molecule has 1 rings (SSSR count). The van der Waals surface area contributed by atoms with E-state index in [2.05, 4.69) is 0 Å². The van der Waals surface area contributed by atoms with Crippen molar-refractivity contribution in [3.63, 3.8) is 0 Å². The molecule has 0 aliphatic carbocycles. The SMILES string of the molecule is NCCOB(OCCN)c1ccc(F)c(Cl)c1. The second kappa shape index (κ2) is 7.63. The molecular weight excluding hydrogens is 245 g/mol. The van der Waals surface area contributed by atoms with E-state index in [0.29, 0.717) is 31.8 Å². The minimum atomic E-state index is -0.625. The molecule has 0 aliphatic heterocycles. The Balaban J connectivity index is 2.75. The highest BCUT2D eigenvalue weighted by atomic mass is 35.5. The monoisotopic (exact) mass is 260 g/mol. The lowest BCUT2D eigenvalue weighted by molar-refractivity contribution is 0.216. The van der Waals surface area contributed by atoms with Gasteiger partial charge >= 0.3 is 7.12 Å². The predicted octanol–water partition coefficient (Wildman–Crippen LogP) is 0.125. The second-order valence-corrected chi connectivity index (χ2v) is 3.73. The van der Waals surface area contributed by atoms with Crippen LogP contribution in [0.5, 0.6) is 0 Å². The van der Waals surface area contributed by atoms with Gasteiger partial charge in [-0.25, -0.2) is 4.39 Å². The summed E-state index contributed by atoms with van der Waals surface area (Å²) in [6.07, 6.45) is 0. The van der Waals surface area contributed by atoms with Crippen LogP contribution in [0.3, 0.4) is 0 Å². The standard InChI is InChI=1S/C10H15BClFN2O2/c12-9-7-8(1-2-10(9)13)11(16-5-3-14)17-6-4-15/h1-2,7H,3-6,14-15H2. The van der Waals surface area contributed by atoms with E-state index in [-0.39, 0.29) is 5.02 Å². The highest BCUT2D eigenvalue weighted by Gasteiger charge is 2.21. The topological polar surface area (TPSA) is 70.5 Å². The second-order valence-electron chi connectivity index (χ2n) is 3.32. The Kier molecular flexibility index (Phi) is 6.46. The van der Waals surface area contributed by atoms with E-state index in [0.717, 1.165) is 0 Å². The van der Waals surface area contributed by atoms with Gasteiger partial charge in [-0.05, 0) is 17.6 Å². The van der Waals surface area contributed by atoms with Crippen molar-refractivity contribution in [1.29, 1.82) is 0 Å². The van der Waals surface area contributed by atoms with E-state index in [1.54, 1.807) is 6.07 Å². The van der Waals surface area contributed by atoms with Gasteiger partial charge in [-0.2, -0.15) is 0 Å². The Morgan fingerprint density at radius 3 is 2.24 bits per heavy atom. The van der Waals surface area contributed by atoms with E-state index < -0.39 is 12.9 Å². The Morgan fingerprint density at radius 2 is 1.76 bits per heavy atom. The van der Waals surface area contributed by atoms with Crippen molar-refractivity contribution >= 4 is 24.2 Å². The van der Waals surface area contributed by atoms with Gasteiger partial charge in [0.2, 0.25) is 0 Å². The van der Waals surface area contributed by atoms with Crippen LogP contribution in [0.25, 0.3) is 0 Å². The van der Waals surface area contributed by atoms with Gasteiger partial charge in [-0.3, -0.25) is 0 Å². The van der Waals surface area contributed by atoms with Crippen LogP contribution < -0.4 is 16.9 Å². The van der Waals surface area contributed by atoms with Crippen LogP contribution in [-0.4, -0.2) is 33.4 Å². The Hall–Kier alpha value is -0.655. The molecule has 0 aliphatic rings. The molecule has 0 heterocycles. The van der Waals surface area contributed by atoms with Crippen LogP contribution in [0.4, 0.5) is 4.39 Å². The van der Waals surface area contributed by atoms with Crippen molar-refractivity contribution in [3.05, 3.63) is 29.0 Å². The third-order valence-corrected chi connectivity index (χ3v) is 2.28. The fourth-order valence-corrected chi connectivity index (χ4v) is 1.44. The number of benzene rings is 1. The van der Waals surface area contributed by atoms with E-state index in [4.69, 9.17) is 32.4 Å². The lowest BCUT2D eigenvalue weighted by atomic mass is 9.79. The normalized spacial score (nSPS) is 10.6. The molecule has 94 valence electrons. The molecule has 0 spiro atoms.